The molecule has 2 rings (SSSR count). The van der Waals surface area contributed by atoms with E-state index >= 15 is 0 Å². The van der Waals surface area contributed by atoms with Crippen molar-refractivity contribution in [3.05, 3.63) is 24.3 Å². The van der Waals surface area contributed by atoms with E-state index in [1.54, 1.807) is 18.9 Å². The van der Waals surface area contributed by atoms with Crippen LogP contribution in [0.2, 0.25) is 0 Å². The molecule has 1 aliphatic heterocycles. The standard InChI is InChI=1S/C16H23NO2S/c1-3-13-6-4-5-11-17(13)16(18)12-20-15-9-7-14(19-2)8-10-15/h7-10,13H,3-6,11-12H2,1-2H3. The molecular weight excluding hydrogens is 270 g/mol. The van der Waals surface area contributed by atoms with Gasteiger partial charge in [-0.3, -0.25) is 4.79 Å². The third-order valence-electron chi connectivity index (χ3n) is 3.84. The zero-order valence-electron chi connectivity index (χ0n) is 12.3. The fourth-order valence-electron chi connectivity index (χ4n) is 2.65. The normalized spacial score (nSPS) is 18.9. The highest BCUT2D eigenvalue weighted by atomic mass is 32.2. The van der Waals surface area contributed by atoms with Crippen LogP contribution >= 0.6 is 11.8 Å². The van der Waals surface area contributed by atoms with E-state index in [-0.39, 0.29) is 5.91 Å². The molecule has 20 heavy (non-hydrogen) atoms. The van der Waals surface area contributed by atoms with Gasteiger partial charge in [0.15, 0.2) is 0 Å². The molecule has 1 fully saturated rings. The first-order valence-electron chi connectivity index (χ1n) is 7.31. The maximum atomic E-state index is 12.3. The molecule has 0 radical (unpaired) electrons. The number of piperidine rings is 1. The number of likely N-dealkylation sites (tertiary alicyclic amines) is 1. The van der Waals surface area contributed by atoms with Gasteiger partial charge in [0.2, 0.25) is 5.91 Å². The number of carbonyl (C=O) groups excluding carboxylic acids is 1. The first kappa shape index (κ1) is 15.2. The number of amides is 1. The van der Waals surface area contributed by atoms with Crippen LogP contribution in [-0.4, -0.2) is 36.3 Å². The Kier molecular flexibility index (Phi) is 5.77. The first-order chi connectivity index (χ1) is 9.74. The van der Waals surface area contributed by atoms with Crippen molar-refractivity contribution < 1.29 is 9.53 Å². The number of nitrogens with zero attached hydrogens (tertiary/aromatic N) is 1. The number of thioether (sulfide) groups is 1. The van der Waals surface area contributed by atoms with Crippen LogP contribution in [0.4, 0.5) is 0 Å². The van der Waals surface area contributed by atoms with Gasteiger partial charge in [0.1, 0.15) is 5.75 Å². The number of carbonyl (C=O) groups is 1. The van der Waals surface area contributed by atoms with E-state index < -0.39 is 0 Å². The Morgan fingerprint density at radius 1 is 1.35 bits per heavy atom. The summed E-state index contributed by atoms with van der Waals surface area (Å²) in [6, 6.07) is 8.33. The third-order valence-corrected chi connectivity index (χ3v) is 4.84. The first-order valence-corrected chi connectivity index (χ1v) is 8.29. The van der Waals surface area contributed by atoms with E-state index in [0.717, 1.165) is 36.5 Å². The molecule has 110 valence electrons. The van der Waals surface area contributed by atoms with E-state index in [4.69, 9.17) is 4.74 Å². The highest BCUT2D eigenvalue weighted by Crippen LogP contribution is 2.24. The van der Waals surface area contributed by atoms with E-state index in [1.165, 1.54) is 6.42 Å². The van der Waals surface area contributed by atoms with Crippen LogP contribution in [0, 0.1) is 0 Å². The number of benzene rings is 1. The van der Waals surface area contributed by atoms with Crippen LogP contribution in [-0.2, 0) is 4.79 Å². The summed E-state index contributed by atoms with van der Waals surface area (Å²) in [4.78, 5) is 15.5. The molecule has 0 bridgehead atoms. The predicted molar refractivity (Wildman–Crippen MR) is 83.4 cm³/mol. The Hall–Kier alpha value is -1.16. The quantitative estimate of drug-likeness (QED) is 0.777. The number of hydrogen-bond donors (Lipinski definition) is 0. The number of hydrogen-bond acceptors (Lipinski definition) is 3. The molecule has 3 nitrogen and oxygen atoms in total. The number of rotatable bonds is 5. The summed E-state index contributed by atoms with van der Waals surface area (Å²) in [6.45, 7) is 3.10. The Morgan fingerprint density at radius 3 is 2.75 bits per heavy atom. The molecule has 4 heteroatoms. The van der Waals surface area contributed by atoms with Gasteiger partial charge in [0, 0.05) is 17.5 Å². The summed E-state index contributed by atoms with van der Waals surface area (Å²) in [6.07, 6.45) is 4.64. The summed E-state index contributed by atoms with van der Waals surface area (Å²) >= 11 is 1.61. The van der Waals surface area contributed by atoms with Crippen LogP contribution in [0.3, 0.4) is 0 Å². The minimum Gasteiger partial charge on any atom is -0.497 e. The second-order valence-electron chi connectivity index (χ2n) is 5.11. The Balaban J connectivity index is 1.87. The average Bonchev–Trinajstić information content (AvgIpc) is 2.53. The lowest BCUT2D eigenvalue weighted by molar-refractivity contribution is -0.132. The number of methoxy groups -OCH3 is 1. The Labute approximate surface area is 125 Å². The number of ether oxygens (including phenoxy) is 1. The largest absolute Gasteiger partial charge is 0.497 e. The summed E-state index contributed by atoms with van der Waals surface area (Å²) in [5, 5.41) is 0. The lowest BCUT2D eigenvalue weighted by atomic mass is 10.0. The van der Waals surface area contributed by atoms with Crippen molar-refractivity contribution in [2.45, 2.75) is 43.5 Å². The predicted octanol–water partition coefficient (Wildman–Crippen LogP) is 3.58. The van der Waals surface area contributed by atoms with Crippen molar-refractivity contribution in [1.82, 2.24) is 4.90 Å². The summed E-state index contributed by atoms with van der Waals surface area (Å²) in [5.74, 6) is 1.66. The molecular formula is C16H23NO2S. The lowest BCUT2D eigenvalue weighted by Gasteiger charge is -2.35. The molecule has 1 aliphatic rings. The minimum absolute atomic E-state index is 0.275. The fourth-order valence-corrected chi connectivity index (χ4v) is 3.44. The molecule has 1 aromatic carbocycles. The van der Waals surface area contributed by atoms with Crippen LogP contribution in [0.1, 0.15) is 32.6 Å². The van der Waals surface area contributed by atoms with Gasteiger partial charge in [0.05, 0.1) is 12.9 Å². The van der Waals surface area contributed by atoms with Crippen molar-refractivity contribution in [2.75, 3.05) is 19.4 Å². The van der Waals surface area contributed by atoms with Crippen LogP contribution in [0.5, 0.6) is 5.75 Å². The highest BCUT2D eigenvalue weighted by molar-refractivity contribution is 8.00. The van der Waals surface area contributed by atoms with Gasteiger partial charge in [-0.25, -0.2) is 0 Å². The minimum atomic E-state index is 0.275. The zero-order chi connectivity index (χ0) is 14.4. The Bertz CT molecular complexity index is 433. The van der Waals surface area contributed by atoms with E-state index in [1.807, 2.05) is 24.3 Å². The molecule has 0 aromatic heterocycles. The third kappa shape index (κ3) is 3.92. The fraction of sp³-hybridized carbons (Fsp3) is 0.562. The molecule has 0 N–H and O–H groups in total. The van der Waals surface area contributed by atoms with Crippen molar-refractivity contribution in [2.24, 2.45) is 0 Å². The van der Waals surface area contributed by atoms with Crippen LogP contribution in [0.15, 0.2) is 29.2 Å². The van der Waals surface area contributed by atoms with Crippen LogP contribution < -0.4 is 4.74 Å². The second-order valence-corrected chi connectivity index (χ2v) is 6.16. The lowest BCUT2D eigenvalue weighted by Crippen LogP contribution is -2.44. The summed E-state index contributed by atoms with van der Waals surface area (Å²) < 4.78 is 5.13. The average molecular weight is 293 g/mol. The molecule has 1 unspecified atom stereocenters. The molecule has 1 amide bonds. The van der Waals surface area contributed by atoms with E-state index in [0.29, 0.717) is 11.8 Å². The summed E-state index contributed by atoms with van der Waals surface area (Å²) in [5.41, 5.74) is 0. The van der Waals surface area contributed by atoms with Crippen LogP contribution in [0.25, 0.3) is 0 Å². The second kappa shape index (κ2) is 7.58. The molecule has 0 spiro atoms. The van der Waals surface area contributed by atoms with E-state index in [9.17, 15) is 4.79 Å². The van der Waals surface area contributed by atoms with Gasteiger partial charge in [-0.1, -0.05) is 6.92 Å². The van der Waals surface area contributed by atoms with Crippen molar-refractivity contribution >= 4 is 17.7 Å². The van der Waals surface area contributed by atoms with Gasteiger partial charge in [-0.15, -0.1) is 11.8 Å². The maximum absolute atomic E-state index is 12.3. The SMILES string of the molecule is CCC1CCCCN1C(=O)CSc1ccc(OC)cc1. The molecule has 1 atom stereocenters. The highest BCUT2D eigenvalue weighted by Gasteiger charge is 2.24. The molecule has 1 aromatic rings. The molecule has 1 heterocycles. The van der Waals surface area contributed by atoms with Gasteiger partial charge < -0.3 is 9.64 Å². The van der Waals surface area contributed by atoms with Gasteiger partial charge in [0.25, 0.3) is 0 Å². The van der Waals surface area contributed by atoms with Gasteiger partial charge in [-0.2, -0.15) is 0 Å². The Morgan fingerprint density at radius 2 is 2.10 bits per heavy atom. The smallest absolute Gasteiger partial charge is 0.233 e. The summed E-state index contributed by atoms with van der Waals surface area (Å²) in [7, 11) is 1.66. The monoisotopic (exact) mass is 293 g/mol. The van der Waals surface area contributed by atoms with Crippen molar-refractivity contribution in [3.8, 4) is 5.75 Å². The molecule has 0 saturated carbocycles. The molecule has 1 saturated heterocycles. The molecule has 0 aliphatic carbocycles. The van der Waals surface area contributed by atoms with Gasteiger partial charge in [-0.05, 0) is 49.9 Å². The zero-order valence-corrected chi connectivity index (χ0v) is 13.1. The van der Waals surface area contributed by atoms with Gasteiger partial charge >= 0.3 is 0 Å². The topological polar surface area (TPSA) is 29.5 Å². The van der Waals surface area contributed by atoms with Crippen molar-refractivity contribution in [1.29, 1.82) is 0 Å². The van der Waals surface area contributed by atoms with Crippen molar-refractivity contribution in [3.63, 3.8) is 0 Å². The van der Waals surface area contributed by atoms with E-state index in [2.05, 4.69) is 11.8 Å². The maximum Gasteiger partial charge on any atom is 0.233 e.